The zero-order valence-corrected chi connectivity index (χ0v) is 9.31. The van der Waals surface area contributed by atoms with Crippen molar-refractivity contribution in [3.8, 4) is 0 Å². The molecule has 1 rings (SSSR count). The van der Waals surface area contributed by atoms with E-state index in [4.69, 9.17) is 0 Å². The lowest BCUT2D eigenvalue weighted by Gasteiger charge is -2.08. The number of halogens is 4. The summed E-state index contributed by atoms with van der Waals surface area (Å²) in [5.74, 6) is -1.25. The van der Waals surface area contributed by atoms with Crippen molar-refractivity contribution >= 4 is 6.08 Å². The standard InChI is InChI=1S/C12H13F4N/c1-17-7-3-2-4-9-5-6-11(13)10(8-9)12(14,15)16/h2,4-6,8,17H,3,7H2,1H3/b4-2+. The van der Waals surface area contributed by atoms with E-state index in [1.54, 1.807) is 19.2 Å². The van der Waals surface area contributed by atoms with Gasteiger partial charge in [-0.25, -0.2) is 4.39 Å². The molecule has 0 bridgehead atoms. The zero-order chi connectivity index (χ0) is 12.9. The van der Waals surface area contributed by atoms with Crippen molar-refractivity contribution in [2.24, 2.45) is 0 Å². The highest BCUT2D eigenvalue weighted by Gasteiger charge is 2.33. The molecule has 0 heterocycles. The van der Waals surface area contributed by atoms with Crippen molar-refractivity contribution in [3.63, 3.8) is 0 Å². The number of benzene rings is 1. The Hall–Kier alpha value is -1.36. The minimum atomic E-state index is -4.65. The molecular weight excluding hydrogens is 234 g/mol. The molecule has 17 heavy (non-hydrogen) atoms. The predicted molar refractivity (Wildman–Crippen MR) is 59.0 cm³/mol. The number of hydrogen-bond donors (Lipinski definition) is 1. The molecule has 0 radical (unpaired) electrons. The monoisotopic (exact) mass is 247 g/mol. The third kappa shape index (κ3) is 4.19. The molecule has 0 aliphatic rings. The highest BCUT2D eigenvalue weighted by atomic mass is 19.4. The van der Waals surface area contributed by atoms with Crippen molar-refractivity contribution < 1.29 is 17.6 Å². The van der Waals surface area contributed by atoms with Gasteiger partial charge in [-0.3, -0.25) is 0 Å². The molecular formula is C12H13F4N. The largest absolute Gasteiger partial charge is 0.419 e. The van der Waals surface area contributed by atoms with E-state index in [2.05, 4.69) is 5.32 Å². The van der Waals surface area contributed by atoms with Crippen LogP contribution in [0.5, 0.6) is 0 Å². The van der Waals surface area contributed by atoms with Crippen LogP contribution in [-0.2, 0) is 6.18 Å². The number of rotatable bonds is 4. The lowest BCUT2D eigenvalue weighted by atomic mass is 10.1. The molecule has 0 saturated heterocycles. The van der Waals surface area contributed by atoms with Gasteiger partial charge in [-0.2, -0.15) is 13.2 Å². The first-order valence-electron chi connectivity index (χ1n) is 5.13. The van der Waals surface area contributed by atoms with E-state index in [0.29, 0.717) is 12.0 Å². The predicted octanol–water partition coefficient (Wildman–Crippen LogP) is 3.47. The molecule has 0 spiro atoms. The van der Waals surface area contributed by atoms with Crippen LogP contribution in [0.2, 0.25) is 0 Å². The molecule has 1 N–H and O–H groups in total. The fourth-order valence-electron chi connectivity index (χ4n) is 1.31. The maximum Gasteiger partial charge on any atom is 0.419 e. The van der Waals surface area contributed by atoms with Crippen LogP contribution in [0.25, 0.3) is 6.08 Å². The van der Waals surface area contributed by atoms with Crippen molar-refractivity contribution in [2.75, 3.05) is 13.6 Å². The lowest BCUT2D eigenvalue weighted by molar-refractivity contribution is -0.140. The van der Waals surface area contributed by atoms with Gasteiger partial charge in [0.05, 0.1) is 5.56 Å². The summed E-state index contributed by atoms with van der Waals surface area (Å²) in [6, 6.07) is 2.96. The first kappa shape index (κ1) is 13.7. The molecule has 0 aliphatic heterocycles. The summed E-state index contributed by atoms with van der Waals surface area (Å²) in [5.41, 5.74) is -0.886. The second-order valence-corrected chi connectivity index (χ2v) is 3.53. The van der Waals surface area contributed by atoms with Crippen LogP contribution in [-0.4, -0.2) is 13.6 Å². The van der Waals surface area contributed by atoms with Gasteiger partial charge in [0, 0.05) is 0 Å². The van der Waals surface area contributed by atoms with Gasteiger partial charge in [-0.05, 0) is 37.7 Å². The zero-order valence-electron chi connectivity index (χ0n) is 9.31. The van der Waals surface area contributed by atoms with Crippen LogP contribution < -0.4 is 5.32 Å². The first-order valence-corrected chi connectivity index (χ1v) is 5.13. The van der Waals surface area contributed by atoms with Gasteiger partial charge in [-0.1, -0.05) is 18.2 Å². The molecule has 0 atom stereocenters. The third-order valence-corrected chi connectivity index (χ3v) is 2.17. The van der Waals surface area contributed by atoms with Gasteiger partial charge in [0.25, 0.3) is 0 Å². The normalized spacial score (nSPS) is 12.3. The highest BCUT2D eigenvalue weighted by molar-refractivity contribution is 5.50. The van der Waals surface area contributed by atoms with Gasteiger partial charge < -0.3 is 5.32 Å². The first-order chi connectivity index (χ1) is 7.95. The quantitative estimate of drug-likeness (QED) is 0.634. The molecule has 0 saturated carbocycles. The van der Waals surface area contributed by atoms with Crippen molar-refractivity contribution in [1.29, 1.82) is 0 Å². The molecule has 0 fully saturated rings. The van der Waals surface area contributed by atoms with E-state index in [9.17, 15) is 17.6 Å². The molecule has 0 unspecified atom stereocenters. The Morgan fingerprint density at radius 3 is 2.59 bits per heavy atom. The van der Waals surface area contributed by atoms with Crippen LogP contribution in [0, 0.1) is 5.82 Å². The highest BCUT2D eigenvalue weighted by Crippen LogP contribution is 2.32. The Morgan fingerprint density at radius 1 is 1.29 bits per heavy atom. The molecule has 0 aromatic heterocycles. The van der Waals surface area contributed by atoms with Gasteiger partial charge >= 0.3 is 6.18 Å². The molecule has 1 nitrogen and oxygen atoms in total. The average molecular weight is 247 g/mol. The molecule has 0 amide bonds. The molecule has 0 aliphatic carbocycles. The molecule has 1 aromatic carbocycles. The fourth-order valence-corrected chi connectivity index (χ4v) is 1.31. The van der Waals surface area contributed by atoms with E-state index in [-0.39, 0.29) is 0 Å². The smallest absolute Gasteiger partial charge is 0.319 e. The van der Waals surface area contributed by atoms with Gasteiger partial charge in [0.15, 0.2) is 0 Å². The number of nitrogens with one attached hydrogen (secondary N) is 1. The number of hydrogen-bond acceptors (Lipinski definition) is 1. The average Bonchev–Trinajstić information content (AvgIpc) is 2.25. The second-order valence-electron chi connectivity index (χ2n) is 3.53. The van der Waals surface area contributed by atoms with E-state index < -0.39 is 17.6 Å². The Morgan fingerprint density at radius 2 is 2.00 bits per heavy atom. The molecule has 5 heteroatoms. The van der Waals surface area contributed by atoms with E-state index in [0.717, 1.165) is 18.7 Å². The minimum Gasteiger partial charge on any atom is -0.319 e. The van der Waals surface area contributed by atoms with Gasteiger partial charge in [-0.15, -0.1) is 0 Å². The summed E-state index contributed by atoms with van der Waals surface area (Å²) >= 11 is 0. The Balaban J connectivity index is 2.86. The maximum atomic E-state index is 13.0. The Labute approximate surface area is 97.1 Å². The van der Waals surface area contributed by atoms with Crippen LogP contribution >= 0.6 is 0 Å². The summed E-state index contributed by atoms with van der Waals surface area (Å²) in [7, 11) is 1.79. The summed E-state index contributed by atoms with van der Waals surface area (Å²) in [6.07, 6.45) is -0.663. The molecule has 94 valence electrons. The summed E-state index contributed by atoms with van der Waals surface area (Å²) in [6.45, 7) is 0.740. The fraction of sp³-hybridized carbons (Fsp3) is 0.333. The van der Waals surface area contributed by atoms with Crippen LogP contribution in [0.3, 0.4) is 0 Å². The summed E-state index contributed by atoms with van der Waals surface area (Å²) < 4.78 is 50.1. The minimum absolute atomic E-state index is 0.342. The van der Waals surface area contributed by atoms with Crippen LogP contribution in [0.4, 0.5) is 17.6 Å². The van der Waals surface area contributed by atoms with E-state index >= 15 is 0 Å². The maximum absolute atomic E-state index is 13.0. The van der Waals surface area contributed by atoms with Crippen molar-refractivity contribution in [1.82, 2.24) is 5.32 Å². The van der Waals surface area contributed by atoms with Gasteiger partial charge in [0.1, 0.15) is 5.82 Å². The van der Waals surface area contributed by atoms with E-state index in [1.165, 1.54) is 6.07 Å². The van der Waals surface area contributed by atoms with E-state index in [1.807, 2.05) is 0 Å². The lowest BCUT2D eigenvalue weighted by Crippen LogP contribution is -2.08. The van der Waals surface area contributed by atoms with Crippen molar-refractivity contribution in [2.45, 2.75) is 12.6 Å². The Bertz CT molecular complexity index is 396. The number of alkyl halides is 3. The summed E-state index contributed by atoms with van der Waals surface area (Å²) in [4.78, 5) is 0. The van der Waals surface area contributed by atoms with Crippen molar-refractivity contribution in [3.05, 3.63) is 41.2 Å². The van der Waals surface area contributed by atoms with Crippen LogP contribution in [0.1, 0.15) is 17.5 Å². The molecule has 1 aromatic rings. The Kier molecular flexibility index (Phi) is 4.69. The topological polar surface area (TPSA) is 12.0 Å². The summed E-state index contributed by atoms with van der Waals surface area (Å²) in [5, 5.41) is 2.91. The third-order valence-electron chi connectivity index (χ3n) is 2.17. The van der Waals surface area contributed by atoms with Gasteiger partial charge in [0.2, 0.25) is 0 Å². The second kappa shape index (κ2) is 5.82. The SMILES string of the molecule is CNCC/C=C/c1ccc(F)c(C(F)(F)F)c1. The van der Waals surface area contributed by atoms with Crippen LogP contribution in [0.15, 0.2) is 24.3 Å².